The third kappa shape index (κ3) is 5.20. The molecule has 178 valence electrons. The number of hydrogen-bond donors (Lipinski definition) is 2. The molecule has 0 aliphatic heterocycles. The molecule has 2 aromatic heterocycles. The fraction of sp³-hybridized carbons (Fsp3) is 0.296. The molecule has 0 fully saturated rings. The fourth-order valence-electron chi connectivity index (χ4n) is 3.94. The minimum atomic E-state index is -0.784. The van der Waals surface area contributed by atoms with Gasteiger partial charge in [0.05, 0.1) is 0 Å². The molecule has 7 heteroatoms. The van der Waals surface area contributed by atoms with E-state index in [0.717, 1.165) is 47.2 Å². The van der Waals surface area contributed by atoms with Gasteiger partial charge in [-0.15, -0.1) is 0 Å². The van der Waals surface area contributed by atoms with Crippen molar-refractivity contribution in [1.29, 1.82) is 0 Å². The maximum Gasteiger partial charge on any atom is 0.272 e. The van der Waals surface area contributed by atoms with Gasteiger partial charge in [-0.25, -0.2) is 8.78 Å². The molecule has 0 radical (unpaired) electrons. The van der Waals surface area contributed by atoms with Crippen molar-refractivity contribution in [2.24, 2.45) is 12.5 Å². The highest BCUT2D eigenvalue weighted by Gasteiger charge is 2.18. The first-order valence-corrected chi connectivity index (χ1v) is 11.3. The zero-order chi connectivity index (χ0) is 24.5. The highest BCUT2D eigenvalue weighted by atomic mass is 19.1. The summed E-state index contributed by atoms with van der Waals surface area (Å²) in [5, 5.41) is 4.23. The molecular weight excluding hydrogens is 436 g/mol. The Kier molecular flexibility index (Phi) is 6.57. The average molecular weight is 466 g/mol. The lowest BCUT2D eigenvalue weighted by atomic mass is 9.92. The molecule has 0 bridgehead atoms. The molecule has 0 unspecified atom stereocenters. The first kappa shape index (κ1) is 23.7. The Morgan fingerprint density at radius 2 is 1.79 bits per heavy atom. The molecule has 0 saturated heterocycles. The summed E-state index contributed by atoms with van der Waals surface area (Å²) in [6, 6.07) is 10.7. The van der Waals surface area contributed by atoms with Crippen molar-refractivity contribution < 1.29 is 13.5 Å². The highest BCUT2D eigenvalue weighted by molar-refractivity contribution is 5.97. The van der Waals surface area contributed by atoms with Crippen LogP contribution in [0.25, 0.3) is 22.0 Å². The van der Waals surface area contributed by atoms with Crippen LogP contribution >= 0.6 is 0 Å². The topological polar surface area (TPSA) is 59.1 Å². The van der Waals surface area contributed by atoms with Gasteiger partial charge in [0.25, 0.3) is 5.56 Å². The number of halogens is 2. The Balaban J connectivity index is 1.75. The van der Waals surface area contributed by atoms with Crippen LogP contribution in [0.4, 0.5) is 8.78 Å². The molecule has 2 N–H and O–H groups in total. The second-order valence-corrected chi connectivity index (χ2v) is 9.72. The van der Waals surface area contributed by atoms with Crippen LogP contribution in [0.2, 0.25) is 0 Å². The maximum absolute atomic E-state index is 14.3. The third-order valence-electron chi connectivity index (χ3n) is 5.73. The quantitative estimate of drug-likeness (QED) is 0.323. The molecule has 2 aromatic carbocycles. The van der Waals surface area contributed by atoms with Gasteiger partial charge in [-0.2, -0.15) is 0 Å². The van der Waals surface area contributed by atoms with Crippen LogP contribution in [0, 0.1) is 17.0 Å². The minimum Gasteiger partial charge on any atom is -0.454 e. The van der Waals surface area contributed by atoms with E-state index in [-0.39, 0.29) is 16.7 Å². The SMILES string of the molecule is Cn1cc(-c2cc(CNCCC(C)(C)C)ccc2Oc2ccc(F)cc2F)c2cc[nH]c(=O)c21. The number of aromatic amines is 1. The largest absolute Gasteiger partial charge is 0.454 e. The number of hydrogen-bond acceptors (Lipinski definition) is 3. The number of rotatable bonds is 7. The zero-order valence-electron chi connectivity index (χ0n) is 19.8. The summed E-state index contributed by atoms with van der Waals surface area (Å²) in [4.78, 5) is 15.1. The van der Waals surface area contributed by atoms with Gasteiger partial charge in [0.15, 0.2) is 11.6 Å². The van der Waals surface area contributed by atoms with E-state index in [4.69, 9.17) is 4.74 Å². The van der Waals surface area contributed by atoms with Crippen LogP contribution in [-0.4, -0.2) is 16.1 Å². The second-order valence-electron chi connectivity index (χ2n) is 9.72. The Morgan fingerprint density at radius 1 is 1.03 bits per heavy atom. The third-order valence-corrected chi connectivity index (χ3v) is 5.73. The second kappa shape index (κ2) is 9.43. The predicted octanol–water partition coefficient (Wildman–Crippen LogP) is 6.13. The van der Waals surface area contributed by atoms with Gasteiger partial charge < -0.3 is 19.6 Å². The van der Waals surface area contributed by atoms with E-state index in [0.29, 0.717) is 17.8 Å². The van der Waals surface area contributed by atoms with Gasteiger partial charge >= 0.3 is 0 Å². The number of nitrogens with one attached hydrogen (secondary N) is 2. The lowest BCUT2D eigenvalue weighted by Gasteiger charge is -2.18. The van der Waals surface area contributed by atoms with Gasteiger partial charge in [-0.1, -0.05) is 26.8 Å². The molecule has 0 atom stereocenters. The van der Waals surface area contributed by atoms with Gasteiger partial charge in [-0.3, -0.25) is 4.79 Å². The van der Waals surface area contributed by atoms with E-state index in [9.17, 15) is 13.6 Å². The smallest absolute Gasteiger partial charge is 0.272 e. The van der Waals surface area contributed by atoms with Crippen LogP contribution in [0.5, 0.6) is 11.5 Å². The van der Waals surface area contributed by atoms with Gasteiger partial charge in [0.2, 0.25) is 0 Å². The number of benzene rings is 2. The average Bonchev–Trinajstić information content (AvgIpc) is 3.11. The van der Waals surface area contributed by atoms with E-state index in [1.807, 2.05) is 24.4 Å². The van der Waals surface area contributed by atoms with E-state index >= 15 is 0 Å². The first-order valence-electron chi connectivity index (χ1n) is 11.3. The Labute approximate surface area is 197 Å². The molecule has 4 aromatic rings. The molecular formula is C27H29F2N3O2. The van der Waals surface area contributed by atoms with Crippen LogP contribution in [0.15, 0.2) is 59.7 Å². The number of nitrogens with zero attached hydrogens (tertiary/aromatic N) is 1. The molecule has 0 amide bonds. The fourth-order valence-corrected chi connectivity index (χ4v) is 3.94. The summed E-state index contributed by atoms with van der Waals surface area (Å²) in [7, 11) is 1.80. The Bertz CT molecular complexity index is 1380. The number of pyridine rings is 1. The number of fused-ring (bicyclic) bond motifs is 1. The van der Waals surface area contributed by atoms with Crippen molar-refractivity contribution in [3.05, 3.63) is 82.4 Å². The molecule has 2 heterocycles. The summed E-state index contributed by atoms with van der Waals surface area (Å²) in [6.07, 6.45) is 4.50. The maximum atomic E-state index is 14.3. The van der Waals surface area contributed by atoms with Crippen LogP contribution in [-0.2, 0) is 13.6 Å². The van der Waals surface area contributed by atoms with Crippen molar-refractivity contribution in [3.8, 4) is 22.6 Å². The molecule has 5 nitrogen and oxygen atoms in total. The lowest BCUT2D eigenvalue weighted by Crippen LogP contribution is -2.20. The number of aromatic nitrogens is 2. The summed E-state index contributed by atoms with van der Waals surface area (Å²) in [5.74, 6) is -1.11. The van der Waals surface area contributed by atoms with Crippen molar-refractivity contribution >= 4 is 10.9 Å². The highest BCUT2D eigenvalue weighted by Crippen LogP contribution is 2.38. The summed E-state index contributed by atoms with van der Waals surface area (Å²) in [5.41, 5.74) is 3.11. The van der Waals surface area contributed by atoms with E-state index in [1.54, 1.807) is 23.9 Å². The van der Waals surface area contributed by atoms with Crippen LogP contribution in [0.3, 0.4) is 0 Å². The van der Waals surface area contributed by atoms with Gasteiger partial charge in [0, 0.05) is 48.6 Å². The van der Waals surface area contributed by atoms with Crippen LogP contribution < -0.4 is 15.6 Å². The van der Waals surface area contributed by atoms with E-state index < -0.39 is 11.6 Å². The molecule has 0 aliphatic rings. The van der Waals surface area contributed by atoms with E-state index in [1.165, 1.54) is 6.07 Å². The molecule has 0 aliphatic carbocycles. The molecule has 0 saturated carbocycles. The summed E-state index contributed by atoms with van der Waals surface area (Å²) in [6.45, 7) is 8.14. The van der Waals surface area contributed by atoms with Crippen molar-refractivity contribution in [1.82, 2.24) is 14.9 Å². The molecule has 34 heavy (non-hydrogen) atoms. The minimum absolute atomic E-state index is 0.0724. The lowest BCUT2D eigenvalue weighted by molar-refractivity contribution is 0.366. The van der Waals surface area contributed by atoms with Crippen molar-refractivity contribution in [3.63, 3.8) is 0 Å². The summed E-state index contributed by atoms with van der Waals surface area (Å²) >= 11 is 0. The normalized spacial score (nSPS) is 11.8. The van der Waals surface area contributed by atoms with Crippen LogP contribution in [0.1, 0.15) is 32.8 Å². The zero-order valence-corrected chi connectivity index (χ0v) is 19.8. The number of aryl methyl sites for hydroxylation is 1. The summed E-state index contributed by atoms with van der Waals surface area (Å²) < 4.78 is 35.4. The number of ether oxygens (including phenoxy) is 1. The molecule has 0 spiro atoms. The number of H-pyrrole nitrogens is 1. The van der Waals surface area contributed by atoms with Gasteiger partial charge in [-0.05, 0) is 54.3 Å². The van der Waals surface area contributed by atoms with Crippen molar-refractivity contribution in [2.75, 3.05) is 6.54 Å². The standard InChI is InChI=1S/C27H29F2N3O2/c1-27(2,3)10-12-30-15-17-5-7-23(34-24-8-6-18(28)14-22(24)29)20(13-17)21-16-32(4)25-19(21)9-11-31-26(25)33/h5-9,11,13-14,16,30H,10,12,15H2,1-4H3,(H,31,33). The monoisotopic (exact) mass is 465 g/mol. The first-order chi connectivity index (χ1) is 16.1. The predicted molar refractivity (Wildman–Crippen MR) is 131 cm³/mol. The molecule has 4 rings (SSSR count). The Morgan fingerprint density at radius 3 is 2.53 bits per heavy atom. The van der Waals surface area contributed by atoms with E-state index in [2.05, 4.69) is 31.1 Å². The van der Waals surface area contributed by atoms with Crippen molar-refractivity contribution in [2.45, 2.75) is 33.7 Å². The van der Waals surface area contributed by atoms with Gasteiger partial charge in [0.1, 0.15) is 17.1 Å². The Hall–Kier alpha value is -3.45.